The molecule has 1 aliphatic heterocycles. The largest absolute Gasteiger partial charge is 0.387 e. The number of rotatable bonds is 2. The molecule has 72 valence electrons. The van der Waals surface area contributed by atoms with Crippen LogP contribution in [0.25, 0.3) is 0 Å². The fourth-order valence-corrected chi connectivity index (χ4v) is 1.43. The first-order valence-electron chi connectivity index (χ1n) is 4.56. The van der Waals surface area contributed by atoms with Crippen molar-refractivity contribution < 1.29 is 9.63 Å². The van der Waals surface area contributed by atoms with E-state index >= 15 is 0 Å². The van der Waals surface area contributed by atoms with Crippen molar-refractivity contribution in [3.63, 3.8) is 0 Å². The molecule has 3 heteroatoms. The van der Waals surface area contributed by atoms with Crippen LogP contribution in [0.1, 0.15) is 25.0 Å². The van der Waals surface area contributed by atoms with Crippen LogP contribution < -0.4 is 0 Å². The lowest BCUT2D eigenvalue weighted by Gasteiger charge is -2.06. The molecule has 0 aliphatic carbocycles. The molecule has 1 unspecified atom stereocenters. The van der Waals surface area contributed by atoms with Crippen LogP contribution in [0.4, 0.5) is 0 Å². The maximum Gasteiger partial charge on any atom is 0.177 e. The van der Waals surface area contributed by atoms with Gasteiger partial charge in [0.1, 0.15) is 5.71 Å². The number of ketones is 1. The van der Waals surface area contributed by atoms with Gasteiger partial charge in [0.25, 0.3) is 0 Å². The van der Waals surface area contributed by atoms with Crippen molar-refractivity contribution in [2.75, 3.05) is 0 Å². The first-order valence-corrected chi connectivity index (χ1v) is 4.56. The lowest BCUT2D eigenvalue weighted by atomic mass is 10.0. The second-order valence-corrected chi connectivity index (χ2v) is 3.30. The van der Waals surface area contributed by atoms with Crippen molar-refractivity contribution in [1.29, 1.82) is 0 Å². The predicted octanol–water partition coefficient (Wildman–Crippen LogP) is 2.09. The monoisotopic (exact) mass is 189 g/mol. The maximum absolute atomic E-state index is 11.0. The molecule has 0 spiro atoms. The van der Waals surface area contributed by atoms with Crippen LogP contribution in [0, 0.1) is 0 Å². The topological polar surface area (TPSA) is 38.7 Å². The number of carbonyl (C=O) groups excluding carboxylic acids is 1. The standard InChI is InChI=1S/C11H11NO2/c1-8(13)10-7-11(14-12-10)9-5-3-2-4-6-9/h2-6,11H,7H2,1H3. The van der Waals surface area contributed by atoms with Gasteiger partial charge in [-0.1, -0.05) is 35.5 Å². The Bertz CT molecular complexity index is 370. The second-order valence-electron chi connectivity index (χ2n) is 3.30. The normalized spacial score (nSPS) is 20.1. The van der Waals surface area contributed by atoms with E-state index in [1.165, 1.54) is 6.92 Å². The number of hydrogen-bond donors (Lipinski definition) is 0. The zero-order valence-electron chi connectivity index (χ0n) is 7.93. The lowest BCUT2D eigenvalue weighted by Crippen LogP contribution is -2.08. The SMILES string of the molecule is CC(=O)C1=NOC(c2ccccc2)C1. The number of oxime groups is 1. The van der Waals surface area contributed by atoms with Gasteiger partial charge in [-0.2, -0.15) is 0 Å². The van der Waals surface area contributed by atoms with Gasteiger partial charge in [0, 0.05) is 13.3 Å². The van der Waals surface area contributed by atoms with Crippen molar-refractivity contribution in [2.24, 2.45) is 5.16 Å². The smallest absolute Gasteiger partial charge is 0.177 e. The molecule has 1 aromatic rings. The summed E-state index contributed by atoms with van der Waals surface area (Å²) in [5, 5.41) is 3.76. The third-order valence-corrected chi connectivity index (χ3v) is 2.25. The summed E-state index contributed by atoms with van der Waals surface area (Å²) in [6.45, 7) is 1.51. The molecule has 1 atom stereocenters. The summed E-state index contributed by atoms with van der Waals surface area (Å²) in [5.74, 6) is -0.0107. The minimum Gasteiger partial charge on any atom is -0.387 e. The molecule has 0 bridgehead atoms. The molecule has 0 aromatic heterocycles. The Morgan fingerprint density at radius 1 is 1.43 bits per heavy atom. The lowest BCUT2D eigenvalue weighted by molar-refractivity contribution is -0.111. The molecule has 0 radical (unpaired) electrons. The summed E-state index contributed by atoms with van der Waals surface area (Å²) in [6.07, 6.45) is 0.495. The van der Waals surface area contributed by atoms with Gasteiger partial charge in [0.2, 0.25) is 0 Å². The van der Waals surface area contributed by atoms with Gasteiger partial charge >= 0.3 is 0 Å². The van der Waals surface area contributed by atoms with E-state index in [-0.39, 0.29) is 11.9 Å². The molecule has 0 saturated carbocycles. The van der Waals surface area contributed by atoms with E-state index in [1.54, 1.807) is 0 Å². The van der Waals surface area contributed by atoms with Crippen LogP contribution in [0.2, 0.25) is 0 Å². The van der Waals surface area contributed by atoms with Crippen molar-refractivity contribution in [1.82, 2.24) is 0 Å². The summed E-state index contributed by atoms with van der Waals surface area (Å²) in [4.78, 5) is 16.2. The van der Waals surface area contributed by atoms with E-state index in [1.807, 2.05) is 30.3 Å². The Kier molecular flexibility index (Phi) is 2.31. The molecular formula is C11H11NO2. The van der Waals surface area contributed by atoms with Gasteiger partial charge in [-0.15, -0.1) is 0 Å². The third kappa shape index (κ3) is 1.66. The summed E-state index contributed by atoms with van der Waals surface area (Å²) < 4.78 is 0. The fourth-order valence-electron chi connectivity index (χ4n) is 1.43. The molecule has 1 aromatic carbocycles. The van der Waals surface area contributed by atoms with Gasteiger partial charge in [-0.05, 0) is 5.56 Å². The Morgan fingerprint density at radius 2 is 2.14 bits per heavy atom. The van der Waals surface area contributed by atoms with E-state index in [0.29, 0.717) is 12.1 Å². The Labute approximate surface area is 82.4 Å². The number of Topliss-reactive ketones (excluding diaryl/α,β-unsaturated/α-hetero) is 1. The second kappa shape index (κ2) is 3.62. The maximum atomic E-state index is 11.0. The first kappa shape index (κ1) is 8.94. The minimum absolute atomic E-state index is 0.0107. The molecule has 14 heavy (non-hydrogen) atoms. The number of hydrogen-bond acceptors (Lipinski definition) is 3. The number of nitrogens with zero attached hydrogens (tertiary/aromatic N) is 1. The summed E-state index contributed by atoms with van der Waals surface area (Å²) in [6, 6.07) is 9.80. The van der Waals surface area contributed by atoms with Gasteiger partial charge in [0.15, 0.2) is 11.9 Å². The molecule has 3 nitrogen and oxygen atoms in total. The minimum atomic E-state index is -0.0879. The highest BCUT2D eigenvalue weighted by molar-refractivity contribution is 6.39. The van der Waals surface area contributed by atoms with Gasteiger partial charge in [-0.25, -0.2) is 0 Å². The van der Waals surface area contributed by atoms with Crippen molar-refractivity contribution in [3.05, 3.63) is 35.9 Å². The fraction of sp³-hybridized carbons (Fsp3) is 0.273. The third-order valence-electron chi connectivity index (χ3n) is 2.25. The van der Waals surface area contributed by atoms with Crippen LogP contribution in [-0.2, 0) is 9.63 Å². The van der Waals surface area contributed by atoms with Gasteiger partial charge in [-0.3, -0.25) is 4.79 Å². The zero-order chi connectivity index (χ0) is 9.97. The summed E-state index contributed by atoms with van der Waals surface area (Å²) in [7, 11) is 0. The zero-order valence-corrected chi connectivity index (χ0v) is 7.93. The summed E-state index contributed by atoms with van der Waals surface area (Å²) in [5.41, 5.74) is 1.59. The van der Waals surface area contributed by atoms with Crippen LogP contribution in [0.3, 0.4) is 0 Å². The number of benzene rings is 1. The van der Waals surface area contributed by atoms with Crippen molar-refractivity contribution >= 4 is 11.5 Å². The molecule has 0 amide bonds. The van der Waals surface area contributed by atoms with E-state index in [2.05, 4.69) is 5.16 Å². The van der Waals surface area contributed by atoms with Crippen LogP contribution in [-0.4, -0.2) is 11.5 Å². The molecular weight excluding hydrogens is 178 g/mol. The predicted molar refractivity (Wildman–Crippen MR) is 53.0 cm³/mol. The van der Waals surface area contributed by atoms with E-state index in [9.17, 15) is 4.79 Å². The average molecular weight is 189 g/mol. The van der Waals surface area contributed by atoms with Crippen LogP contribution >= 0.6 is 0 Å². The first-order chi connectivity index (χ1) is 6.77. The van der Waals surface area contributed by atoms with Crippen molar-refractivity contribution in [3.8, 4) is 0 Å². The Morgan fingerprint density at radius 3 is 2.71 bits per heavy atom. The molecule has 0 fully saturated rings. The van der Waals surface area contributed by atoms with E-state index in [0.717, 1.165) is 5.56 Å². The number of carbonyl (C=O) groups is 1. The van der Waals surface area contributed by atoms with Gasteiger partial charge < -0.3 is 4.84 Å². The Balaban J connectivity index is 2.10. The van der Waals surface area contributed by atoms with Gasteiger partial charge in [0.05, 0.1) is 0 Å². The molecule has 0 N–H and O–H groups in total. The van der Waals surface area contributed by atoms with Crippen molar-refractivity contribution in [2.45, 2.75) is 19.4 Å². The van der Waals surface area contributed by atoms with Crippen LogP contribution in [0.15, 0.2) is 35.5 Å². The van der Waals surface area contributed by atoms with Crippen LogP contribution in [0.5, 0.6) is 0 Å². The molecule has 1 aliphatic rings. The highest BCUT2D eigenvalue weighted by atomic mass is 16.6. The molecule has 2 rings (SSSR count). The molecule has 1 heterocycles. The highest BCUT2D eigenvalue weighted by Gasteiger charge is 2.24. The van der Waals surface area contributed by atoms with E-state index in [4.69, 9.17) is 4.84 Å². The quantitative estimate of drug-likeness (QED) is 0.714. The Hall–Kier alpha value is -1.64. The highest BCUT2D eigenvalue weighted by Crippen LogP contribution is 2.26. The van der Waals surface area contributed by atoms with E-state index < -0.39 is 0 Å². The molecule has 0 saturated heterocycles. The summed E-state index contributed by atoms with van der Waals surface area (Å²) >= 11 is 0. The average Bonchev–Trinajstić information content (AvgIpc) is 2.68.